The summed E-state index contributed by atoms with van der Waals surface area (Å²) in [4.78, 5) is 0. The van der Waals surface area contributed by atoms with Gasteiger partial charge in [0.05, 0.1) is 0 Å². The second-order valence-electron chi connectivity index (χ2n) is 4.14. The quantitative estimate of drug-likeness (QED) is 0.638. The molecule has 1 aliphatic rings. The van der Waals surface area contributed by atoms with Gasteiger partial charge in [-0.1, -0.05) is 0 Å². The van der Waals surface area contributed by atoms with Crippen molar-refractivity contribution in [1.29, 1.82) is 0 Å². The van der Waals surface area contributed by atoms with Gasteiger partial charge in [0.25, 0.3) is 0 Å². The standard InChI is InChI=1S/C11H23NO2/c1-4-13-10(14-5-2)9-12-11(3)7-6-8-11/h10,12H,4-9H2,1-3H3. The van der Waals surface area contributed by atoms with E-state index in [9.17, 15) is 0 Å². The number of hydrogen-bond acceptors (Lipinski definition) is 3. The normalized spacial score (nSPS) is 19.7. The van der Waals surface area contributed by atoms with Crippen LogP contribution in [0.5, 0.6) is 0 Å². The molecule has 0 amide bonds. The largest absolute Gasteiger partial charge is 0.352 e. The van der Waals surface area contributed by atoms with Crippen molar-refractivity contribution in [2.45, 2.75) is 51.9 Å². The van der Waals surface area contributed by atoms with Gasteiger partial charge in [0.15, 0.2) is 6.29 Å². The summed E-state index contributed by atoms with van der Waals surface area (Å²) in [6.45, 7) is 8.49. The molecule has 0 unspecified atom stereocenters. The van der Waals surface area contributed by atoms with E-state index in [2.05, 4.69) is 12.2 Å². The fourth-order valence-electron chi connectivity index (χ4n) is 1.75. The Bertz CT molecular complexity index is 151. The molecule has 1 fully saturated rings. The highest BCUT2D eigenvalue weighted by Crippen LogP contribution is 2.30. The molecule has 0 aromatic heterocycles. The minimum absolute atomic E-state index is 0.0811. The van der Waals surface area contributed by atoms with Crippen molar-refractivity contribution in [3.63, 3.8) is 0 Å². The van der Waals surface area contributed by atoms with Crippen molar-refractivity contribution in [2.75, 3.05) is 19.8 Å². The van der Waals surface area contributed by atoms with Crippen molar-refractivity contribution < 1.29 is 9.47 Å². The van der Waals surface area contributed by atoms with Gasteiger partial charge >= 0.3 is 0 Å². The molecule has 3 heteroatoms. The summed E-state index contributed by atoms with van der Waals surface area (Å²) in [6.07, 6.45) is 3.82. The summed E-state index contributed by atoms with van der Waals surface area (Å²) in [5, 5.41) is 3.52. The second kappa shape index (κ2) is 5.69. The Kier molecular flexibility index (Phi) is 4.85. The van der Waals surface area contributed by atoms with Crippen molar-refractivity contribution in [2.24, 2.45) is 0 Å². The number of nitrogens with one attached hydrogen (secondary N) is 1. The van der Waals surface area contributed by atoms with Crippen LogP contribution in [0, 0.1) is 0 Å². The van der Waals surface area contributed by atoms with Gasteiger partial charge in [0.2, 0.25) is 0 Å². The molecule has 0 radical (unpaired) electrons. The van der Waals surface area contributed by atoms with Gasteiger partial charge in [0, 0.05) is 25.3 Å². The van der Waals surface area contributed by atoms with Crippen LogP contribution in [-0.2, 0) is 9.47 Å². The summed E-state index contributed by atoms with van der Waals surface area (Å²) in [6, 6.07) is 0. The van der Waals surface area contributed by atoms with E-state index in [4.69, 9.17) is 9.47 Å². The maximum absolute atomic E-state index is 5.46. The summed E-state index contributed by atoms with van der Waals surface area (Å²) in [5.74, 6) is 0. The Morgan fingerprint density at radius 3 is 2.14 bits per heavy atom. The SMILES string of the molecule is CCOC(CNC1(C)CCC1)OCC. The van der Waals surface area contributed by atoms with Crippen LogP contribution in [0.3, 0.4) is 0 Å². The molecule has 1 rings (SSSR count). The van der Waals surface area contributed by atoms with Crippen molar-refractivity contribution in [3.8, 4) is 0 Å². The first kappa shape index (κ1) is 12.0. The van der Waals surface area contributed by atoms with Crippen molar-refractivity contribution in [3.05, 3.63) is 0 Å². The van der Waals surface area contributed by atoms with Gasteiger partial charge < -0.3 is 14.8 Å². The van der Waals surface area contributed by atoms with Gasteiger partial charge in [-0.2, -0.15) is 0 Å². The predicted octanol–water partition coefficient (Wildman–Crippen LogP) is 1.92. The molecule has 0 aromatic carbocycles. The Balaban J connectivity index is 2.17. The van der Waals surface area contributed by atoms with E-state index in [0.717, 1.165) is 6.54 Å². The molecule has 0 atom stereocenters. The third-order valence-electron chi connectivity index (χ3n) is 2.86. The minimum atomic E-state index is -0.0811. The smallest absolute Gasteiger partial charge is 0.169 e. The fourth-order valence-corrected chi connectivity index (χ4v) is 1.75. The van der Waals surface area contributed by atoms with Crippen LogP contribution in [0.1, 0.15) is 40.0 Å². The first-order valence-corrected chi connectivity index (χ1v) is 5.68. The minimum Gasteiger partial charge on any atom is -0.352 e. The van der Waals surface area contributed by atoms with E-state index in [1.807, 2.05) is 13.8 Å². The molecular weight excluding hydrogens is 178 g/mol. The highest BCUT2D eigenvalue weighted by Gasteiger charge is 2.31. The summed E-state index contributed by atoms with van der Waals surface area (Å²) >= 11 is 0. The molecule has 0 aromatic rings. The van der Waals surface area contributed by atoms with Crippen LogP contribution in [0.25, 0.3) is 0 Å². The van der Waals surface area contributed by atoms with Crippen LogP contribution in [-0.4, -0.2) is 31.6 Å². The summed E-state index contributed by atoms with van der Waals surface area (Å²) < 4.78 is 10.9. The maximum Gasteiger partial charge on any atom is 0.169 e. The van der Waals surface area contributed by atoms with E-state index < -0.39 is 0 Å². The average molecular weight is 201 g/mol. The lowest BCUT2D eigenvalue weighted by molar-refractivity contribution is -0.136. The lowest BCUT2D eigenvalue weighted by Gasteiger charge is -2.40. The molecule has 84 valence electrons. The van der Waals surface area contributed by atoms with E-state index in [-0.39, 0.29) is 6.29 Å². The molecule has 0 heterocycles. The van der Waals surface area contributed by atoms with Crippen molar-refractivity contribution in [1.82, 2.24) is 5.32 Å². The molecule has 1 saturated carbocycles. The monoisotopic (exact) mass is 201 g/mol. The Morgan fingerprint density at radius 1 is 1.21 bits per heavy atom. The van der Waals surface area contributed by atoms with Crippen LogP contribution in [0.15, 0.2) is 0 Å². The molecule has 0 aliphatic heterocycles. The summed E-state index contributed by atoms with van der Waals surface area (Å²) in [7, 11) is 0. The Labute approximate surface area is 87.2 Å². The molecule has 0 spiro atoms. The third kappa shape index (κ3) is 3.56. The molecular formula is C11H23NO2. The van der Waals surface area contributed by atoms with Gasteiger partial charge in [-0.25, -0.2) is 0 Å². The highest BCUT2D eigenvalue weighted by molar-refractivity contribution is 4.91. The fraction of sp³-hybridized carbons (Fsp3) is 1.00. The Hall–Kier alpha value is -0.120. The van der Waals surface area contributed by atoms with Crippen LogP contribution >= 0.6 is 0 Å². The molecule has 14 heavy (non-hydrogen) atoms. The average Bonchev–Trinajstić information content (AvgIpc) is 2.12. The second-order valence-corrected chi connectivity index (χ2v) is 4.14. The van der Waals surface area contributed by atoms with Crippen LogP contribution in [0.2, 0.25) is 0 Å². The molecule has 1 aliphatic carbocycles. The Morgan fingerprint density at radius 2 is 1.79 bits per heavy atom. The maximum atomic E-state index is 5.46. The van der Waals surface area contributed by atoms with Crippen molar-refractivity contribution >= 4 is 0 Å². The first-order chi connectivity index (χ1) is 6.70. The lowest BCUT2D eigenvalue weighted by Crippen LogP contribution is -2.51. The van der Waals surface area contributed by atoms with Gasteiger partial charge in [0.1, 0.15) is 0 Å². The summed E-state index contributed by atoms with van der Waals surface area (Å²) in [5.41, 5.74) is 0.340. The number of rotatable bonds is 7. The van der Waals surface area contributed by atoms with Crippen LogP contribution in [0.4, 0.5) is 0 Å². The number of ether oxygens (including phenoxy) is 2. The first-order valence-electron chi connectivity index (χ1n) is 5.68. The van der Waals surface area contributed by atoms with Gasteiger partial charge in [-0.3, -0.25) is 0 Å². The molecule has 3 nitrogen and oxygen atoms in total. The van der Waals surface area contributed by atoms with Crippen LogP contribution < -0.4 is 5.32 Å². The zero-order valence-corrected chi connectivity index (χ0v) is 9.64. The molecule has 1 N–H and O–H groups in total. The van der Waals surface area contributed by atoms with E-state index in [1.54, 1.807) is 0 Å². The van der Waals surface area contributed by atoms with Gasteiger partial charge in [-0.05, 0) is 40.0 Å². The molecule has 0 bridgehead atoms. The zero-order chi connectivity index (χ0) is 10.4. The van der Waals surface area contributed by atoms with E-state index >= 15 is 0 Å². The van der Waals surface area contributed by atoms with Gasteiger partial charge in [-0.15, -0.1) is 0 Å². The zero-order valence-electron chi connectivity index (χ0n) is 9.64. The van der Waals surface area contributed by atoms with E-state index in [0.29, 0.717) is 18.8 Å². The predicted molar refractivity (Wildman–Crippen MR) is 57.3 cm³/mol. The number of hydrogen-bond donors (Lipinski definition) is 1. The lowest BCUT2D eigenvalue weighted by atomic mass is 9.78. The van der Waals surface area contributed by atoms with E-state index in [1.165, 1.54) is 19.3 Å². The highest BCUT2D eigenvalue weighted by atomic mass is 16.7. The third-order valence-corrected chi connectivity index (χ3v) is 2.86. The molecule has 0 saturated heterocycles. The topological polar surface area (TPSA) is 30.5 Å².